The second kappa shape index (κ2) is 5.35. The Labute approximate surface area is 120 Å². The summed E-state index contributed by atoms with van der Waals surface area (Å²) in [5.74, 6) is -0.0308. The number of ether oxygens (including phenoxy) is 1. The van der Waals surface area contributed by atoms with Crippen molar-refractivity contribution in [3.05, 3.63) is 22.7 Å². The molecule has 1 fully saturated rings. The number of nitrogens with two attached hydrogens (primary N) is 2. The minimum Gasteiger partial charge on any atom is -0.383 e. The summed E-state index contributed by atoms with van der Waals surface area (Å²) in [5, 5.41) is 0.814. The number of thiophene rings is 1. The molecule has 106 valence electrons. The predicted molar refractivity (Wildman–Crippen MR) is 78.6 cm³/mol. The Bertz CT molecular complexity index is 649. The highest BCUT2D eigenvalue weighted by Gasteiger charge is 2.16. The number of rotatable bonds is 3. The maximum Gasteiger partial charge on any atom is 0.251 e. The van der Waals surface area contributed by atoms with Gasteiger partial charge in [-0.1, -0.05) is 0 Å². The second-order valence-corrected chi connectivity index (χ2v) is 5.90. The largest absolute Gasteiger partial charge is 0.383 e. The van der Waals surface area contributed by atoms with Crippen molar-refractivity contribution >= 4 is 33.1 Å². The van der Waals surface area contributed by atoms with E-state index in [-0.39, 0.29) is 0 Å². The normalized spacial score (nSPS) is 16.6. The fraction of sp³-hybridized carbons (Fsp3) is 0.385. The zero-order chi connectivity index (χ0) is 14.1. The Balaban J connectivity index is 1.94. The minimum atomic E-state index is -0.470. The van der Waals surface area contributed by atoms with E-state index in [0.29, 0.717) is 11.4 Å². The zero-order valence-corrected chi connectivity index (χ0v) is 11.8. The van der Waals surface area contributed by atoms with Gasteiger partial charge >= 0.3 is 0 Å². The van der Waals surface area contributed by atoms with Gasteiger partial charge < -0.3 is 16.2 Å². The molecule has 4 N–H and O–H groups in total. The molecule has 3 heterocycles. The Morgan fingerprint density at radius 1 is 1.45 bits per heavy atom. The van der Waals surface area contributed by atoms with Gasteiger partial charge in [0.1, 0.15) is 5.82 Å². The van der Waals surface area contributed by atoms with Gasteiger partial charge in [-0.25, -0.2) is 4.98 Å². The molecule has 1 saturated heterocycles. The van der Waals surface area contributed by atoms with Crippen LogP contribution in [0.2, 0.25) is 0 Å². The third-order valence-electron chi connectivity index (χ3n) is 3.39. The van der Waals surface area contributed by atoms with Crippen LogP contribution in [0.1, 0.15) is 15.2 Å². The molecule has 0 aliphatic carbocycles. The molecule has 0 bridgehead atoms. The molecule has 3 rings (SSSR count). The van der Waals surface area contributed by atoms with Crippen molar-refractivity contribution in [1.82, 2.24) is 9.88 Å². The fourth-order valence-corrected chi connectivity index (χ4v) is 3.55. The molecule has 0 unspecified atom stereocenters. The zero-order valence-electron chi connectivity index (χ0n) is 11.0. The van der Waals surface area contributed by atoms with Crippen LogP contribution < -0.4 is 11.5 Å². The van der Waals surface area contributed by atoms with Crippen LogP contribution in [0.5, 0.6) is 0 Å². The van der Waals surface area contributed by atoms with E-state index in [1.807, 2.05) is 6.07 Å². The molecule has 0 spiro atoms. The van der Waals surface area contributed by atoms with Crippen LogP contribution in [0.4, 0.5) is 5.82 Å². The number of hydrogen-bond donors (Lipinski definition) is 2. The van der Waals surface area contributed by atoms with Crippen LogP contribution in [-0.4, -0.2) is 42.1 Å². The first-order valence-corrected chi connectivity index (χ1v) is 7.23. The monoisotopic (exact) mass is 292 g/mol. The van der Waals surface area contributed by atoms with Gasteiger partial charge in [-0.2, -0.15) is 0 Å². The number of anilines is 1. The minimum absolute atomic E-state index is 0.437. The topological polar surface area (TPSA) is 94.5 Å². The molecule has 2 aromatic rings. The van der Waals surface area contributed by atoms with Crippen molar-refractivity contribution in [2.24, 2.45) is 5.73 Å². The third-order valence-corrected chi connectivity index (χ3v) is 4.54. The predicted octanol–water partition coefficient (Wildman–Crippen LogP) is 0.810. The third kappa shape index (κ3) is 2.47. The summed E-state index contributed by atoms with van der Waals surface area (Å²) in [7, 11) is 0. The Kier molecular flexibility index (Phi) is 3.56. The van der Waals surface area contributed by atoms with E-state index in [9.17, 15) is 4.79 Å². The van der Waals surface area contributed by atoms with E-state index in [2.05, 4.69) is 9.88 Å². The van der Waals surface area contributed by atoms with Gasteiger partial charge in [0.05, 0.1) is 23.5 Å². The molecular formula is C13H16N4O2S. The molecule has 1 aliphatic heterocycles. The molecule has 20 heavy (non-hydrogen) atoms. The smallest absolute Gasteiger partial charge is 0.251 e. The van der Waals surface area contributed by atoms with Crippen LogP contribution in [0.15, 0.2) is 12.3 Å². The lowest BCUT2D eigenvalue weighted by Crippen LogP contribution is -2.35. The molecule has 1 aliphatic rings. The van der Waals surface area contributed by atoms with Crippen LogP contribution in [-0.2, 0) is 11.3 Å². The van der Waals surface area contributed by atoms with Gasteiger partial charge in [0.2, 0.25) is 0 Å². The molecule has 6 nitrogen and oxygen atoms in total. The van der Waals surface area contributed by atoms with Gasteiger partial charge in [0.25, 0.3) is 5.91 Å². The standard InChI is InChI=1S/C13H16N4O2S/c14-12-9-5-8(7-17-1-3-19-4-2-17)20-11(9)10(6-16-12)13(15)18/h5-6H,1-4,7H2,(H2,14,16)(H2,15,18). The summed E-state index contributed by atoms with van der Waals surface area (Å²) in [5.41, 5.74) is 11.7. The summed E-state index contributed by atoms with van der Waals surface area (Å²) < 4.78 is 6.16. The molecule has 0 saturated carbocycles. The average Bonchev–Trinajstić information content (AvgIpc) is 2.84. The van der Waals surface area contributed by atoms with Crippen LogP contribution in [0, 0.1) is 0 Å². The Morgan fingerprint density at radius 3 is 2.90 bits per heavy atom. The number of fused-ring (bicyclic) bond motifs is 1. The van der Waals surface area contributed by atoms with Crippen molar-refractivity contribution < 1.29 is 9.53 Å². The van der Waals surface area contributed by atoms with E-state index < -0.39 is 5.91 Å². The van der Waals surface area contributed by atoms with Crippen molar-refractivity contribution in [3.8, 4) is 0 Å². The number of carbonyl (C=O) groups is 1. The Hall–Kier alpha value is -1.70. The number of carbonyl (C=O) groups excluding carboxylic acids is 1. The van der Waals surface area contributed by atoms with E-state index >= 15 is 0 Å². The molecule has 7 heteroatoms. The maximum atomic E-state index is 11.4. The summed E-state index contributed by atoms with van der Waals surface area (Å²) in [6.45, 7) is 4.21. The highest BCUT2D eigenvalue weighted by Crippen LogP contribution is 2.32. The second-order valence-electron chi connectivity index (χ2n) is 4.77. The van der Waals surface area contributed by atoms with Gasteiger partial charge in [0.15, 0.2) is 0 Å². The van der Waals surface area contributed by atoms with E-state index in [1.54, 1.807) is 11.3 Å². The number of aromatic nitrogens is 1. The fourth-order valence-electron chi connectivity index (χ4n) is 2.33. The lowest BCUT2D eigenvalue weighted by Gasteiger charge is -2.25. The van der Waals surface area contributed by atoms with E-state index in [4.69, 9.17) is 16.2 Å². The summed E-state index contributed by atoms with van der Waals surface area (Å²) in [4.78, 5) is 19.0. The van der Waals surface area contributed by atoms with Crippen LogP contribution in [0.3, 0.4) is 0 Å². The number of morpholine rings is 1. The lowest BCUT2D eigenvalue weighted by atomic mass is 10.2. The van der Waals surface area contributed by atoms with Gasteiger partial charge in [-0.3, -0.25) is 9.69 Å². The van der Waals surface area contributed by atoms with Crippen molar-refractivity contribution in [2.75, 3.05) is 32.0 Å². The van der Waals surface area contributed by atoms with Gasteiger partial charge in [-0.15, -0.1) is 11.3 Å². The van der Waals surface area contributed by atoms with Crippen molar-refractivity contribution in [3.63, 3.8) is 0 Å². The number of nitrogen functional groups attached to an aromatic ring is 1. The highest BCUT2D eigenvalue weighted by atomic mass is 32.1. The quantitative estimate of drug-likeness (QED) is 0.873. The number of nitrogens with zero attached hydrogens (tertiary/aromatic N) is 2. The first-order valence-electron chi connectivity index (χ1n) is 6.42. The highest BCUT2D eigenvalue weighted by molar-refractivity contribution is 7.19. The molecule has 2 aromatic heterocycles. The molecule has 0 radical (unpaired) electrons. The lowest BCUT2D eigenvalue weighted by molar-refractivity contribution is 0.0346. The molecule has 1 amide bonds. The van der Waals surface area contributed by atoms with Gasteiger partial charge in [-0.05, 0) is 6.07 Å². The summed E-state index contributed by atoms with van der Waals surface area (Å²) >= 11 is 1.56. The SMILES string of the molecule is NC(=O)c1cnc(N)c2cc(CN3CCOCC3)sc12. The van der Waals surface area contributed by atoms with E-state index in [1.165, 1.54) is 6.20 Å². The number of primary amides is 1. The molecule has 0 atom stereocenters. The number of hydrogen-bond acceptors (Lipinski definition) is 6. The average molecular weight is 292 g/mol. The first-order chi connectivity index (χ1) is 9.65. The van der Waals surface area contributed by atoms with Gasteiger partial charge in [0, 0.05) is 36.1 Å². The van der Waals surface area contributed by atoms with Crippen LogP contribution >= 0.6 is 11.3 Å². The summed E-state index contributed by atoms with van der Waals surface area (Å²) in [6.07, 6.45) is 1.45. The van der Waals surface area contributed by atoms with Crippen LogP contribution in [0.25, 0.3) is 10.1 Å². The number of amides is 1. The van der Waals surface area contributed by atoms with E-state index in [0.717, 1.165) is 47.8 Å². The Morgan fingerprint density at radius 2 is 2.20 bits per heavy atom. The first kappa shape index (κ1) is 13.3. The summed E-state index contributed by atoms with van der Waals surface area (Å²) in [6, 6.07) is 2.00. The van der Waals surface area contributed by atoms with Crippen molar-refractivity contribution in [2.45, 2.75) is 6.54 Å². The maximum absolute atomic E-state index is 11.4. The molecular weight excluding hydrogens is 276 g/mol. The van der Waals surface area contributed by atoms with Crippen molar-refractivity contribution in [1.29, 1.82) is 0 Å². The molecule has 0 aromatic carbocycles. The number of pyridine rings is 1.